The molecule has 9 nitrogen and oxygen atoms in total. The average Bonchev–Trinajstić information content (AvgIpc) is 3.44. The van der Waals surface area contributed by atoms with Crippen molar-refractivity contribution in [1.82, 2.24) is 10.2 Å². The molecule has 0 bridgehead atoms. The average molecular weight is 511 g/mol. The molecule has 1 saturated heterocycles. The number of benzene rings is 2. The van der Waals surface area contributed by atoms with E-state index in [0.717, 1.165) is 16.0 Å². The van der Waals surface area contributed by atoms with Crippen LogP contribution in [0.4, 0.5) is 4.79 Å². The summed E-state index contributed by atoms with van der Waals surface area (Å²) in [6, 6.07) is 13.3. The maximum atomic E-state index is 13.0. The SMILES string of the molecule is COC(=O)c1ccc(CN2C(=O)N/C(=C/c3cc(Cl)cc(OC)c3OCc3ccc(C)cc3)C2=O)o1. The third-order valence-electron chi connectivity index (χ3n) is 5.40. The van der Waals surface area contributed by atoms with E-state index in [9.17, 15) is 14.4 Å². The lowest BCUT2D eigenvalue weighted by atomic mass is 10.1. The molecule has 2 aromatic carbocycles. The van der Waals surface area contributed by atoms with Gasteiger partial charge in [0.25, 0.3) is 5.91 Å². The Bertz CT molecular complexity index is 1340. The summed E-state index contributed by atoms with van der Waals surface area (Å²) in [6.07, 6.45) is 1.47. The second-order valence-electron chi connectivity index (χ2n) is 7.94. The van der Waals surface area contributed by atoms with Crippen LogP contribution in [0.25, 0.3) is 6.08 Å². The number of halogens is 1. The van der Waals surface area contributed by atoms with Crippen molar-refractivity contribution in [2.45, 2.75) is 20.1 Å². The van der Waals surface area contributed by atoms with E-state index in [1.807, 2.05) is 31.2 Å². The number of hydrogen-bond acceptors (Lipinski definition) is 7. The molecule has 0 radical (unpaired) electrons. The lowest BCUT2D eigenvalue weighted by Crippen LogP contribution is -2.30. The largest absolute Gasteiger partial charge is 0.493 e. The van der Waals surface area contributed by atoms with E-state index < -0.39 is 17.9 Å². The molecule has 10 heteroatoms. The first kappa shape index (κ1) is 24.9. The molecule has 1 fully saturated rings. The fraction of sp³-hybridized carbons (Fsp3) is 0.192. The highest BCUT2D eigenvalue weighted by molar-refractivity contribution is 6.31. The van der Waals surface area contributed by atoms with Crippen LogP contribution in [0.2, 0.25) is 5.02 Å². The number of amides is 3. The highest BCUT2D eigenvalue weighted by Crippen LogP contribution is 2.37. The zero-order valence-electron chi connectivity index (χ0n) is 19.8. The van der Waals surface area contributed by atoms with E-state index >= 15 is 0 Å². The minimum Gasteiger partial charge on any atom is -0.493 e. The smallest absolute Gasteiger partial charge is 0.373 e. The quantitative estimate of drug-likeness (QED) is 0.265. The normalized spacial score (nSPS) is 14.2. The molecule has 2 heterocycles. The van der Waals surface area contributed by atoms with Crippen LogP contribution in [-0.2, 0) is 22.7 Å². The van der Waals surface area contributed by atoms with Gasteiger partial charge in [-0.3, -0.25) is 9.69 Å². The Labute approximate surface area is 212 Å². The first-order chi connectivity index (χ1) is 17.3. The van der Waals surface area contributed by atoms with Crippen molar-refractivity contribution in [3.8, 4) is 11.5 Å². The second-order valence-corrected chi connectivity index (χ2v) is 8.37. The van der Waals surface area contributed by atoms with E-state index in [0.29, 0.717) is 22.1 Å². The van der Waals surface area contributed by atoms with Crippen molar-refractivity contribution in [2.75, 3.05) is 14.2 Å². The summed E-state index contributed by atoms with van der Waals surface area (Å²) in [7, 11) is 2.71. The molecule has 36 heavy (non-hydrogen) atoms. The summed E-state index contributed by atoms with van der Waals surface area (Å²) >= 11 is 6.26. The van der Waals surface area contributed by atoms with Gasteiger partial charge in [0, 0.05) is 16.7 Å². The topological polar surface area (TPSA) is 107 Å². The summed E-state index contributed by atoms with van der Waals surface area (Å²) in [6.45, 7) is 2.08. The van der Waals surface area contributed by atoms with Gasteiger partial charge in [-0.05, 0) is 36.8 Å². The Kier molecular flexibility index (Phi) is 7.30. The number of aryl methyl sites for hydroxylation is 1. The van der Waals surface area contributed by atoms with Crippen LogP contribution >= 0.6 is 11.6 Å². The molecule has 1 aliphatic rings. The molecule has 1 aliphatic heterocycles. The third-order valence-corrected chi connectivity index (χ3v) is 5.61. The fourth-order valence-corrected chi connectivity index (χ4v) is 3.76. The Morgan fingerprint density at radius 3 is 2.56 bits per heavy atom. The first-order valence-corrected chi connectivity index (χ1v) is 11.2. The van der Waals surface area contributed by atoms with Gasteiger partial charge >= 0.3 is 12.0 Å². The van der Waals surface area contributed by atoms with Crippen LogP contribution < -0.4 is 14.8 Å². The van der Waals surface area contributed by atoms with E-state index in [1.54, 1.807) is 12.1 Å². The van der Waals surface area contributed by atoms with Crippen LogP contribution in [0.15, 0.2) is 58.6 Å². The molecular formula is C26H23ClN2O7. The van der Waals surface area contributed by atoms with Crippen LogP contribution in [0.5, 0.6) is 11.5 Å². The Morgan fingerprint density at radius 1 is 1.11 bits per heavy atom. The third kappa shape index (κ3) is 5.36. The molecule has 1 N–H and O–H groups in total. The number of methoxy groups -OCH3 is 2. The molecule has 3 aromatic rings. The van der Waals surface area contributed by atoms with Gasteiger partial charge in [0.1, 0.15) is 18.1 Å². The number of nitrogens with zero attached hydrogens (tertiary/aromatic N) is 1. The number of urea groups is 1. The molecule has 3 amide bonds. The zero-order chi connectivity index (χ0) is 25.8. The monoisotopic (exact) mass is 510 g/mol. The maximum absolute atomic E-state index is 13.0. The van der Waals surface area contributed by atoms with Gasteiger partial charge in [-0.2, -0.15) is 0 Å². The lowest BCUT2D eigenvalue weighted by Gasteiger charge is -2.15. The number of hydrogen-bond donors (Lipinski definition) is 1. The number of furan rings is 1. The van der Waals surface area contributed by atoms with Crippen molar-refractivity contribution in [1.29, 1.82) is 0 Å². The predicted molar refractivity (Wildman–Crippen MR) is 131 cm³/mol. The summed E-state index contributed by atoms with van der Waals surface area (Å²) in [4.78, 5) is 38.1. The first-order valence-electron chi connectivity index (χ1n) is 10.9. The highest BCUT2D eigenvalue weighted by atomic mass is 35.5. The van der Waals surface area contributed by atoms with Gasteiger partial charge in [-0.25, -0.2) is 9.59 Å². The van der Waals surface area contributed by atoms with Crippen molar-refractivity contribution in [2.24, 2.45) is 0 Å². The zero-order valence-corrected chi connectivity index (χ0v) is 20.5. The van der Waals surface area contributed by atoms with Crippen LogP contribution in [0.1, 0.15) is 33.0 Å². The van der Waals surface area contributed by atoms with Gasteiger partial charge < -0.3 is 23.9 Å². The van der Waals surface area contributed by atoms with Crippen molar-refractivity contribution in [3.63, 3.8) is 0 Å². The summed E-state index contributed by atoms with van der Waals surface area (Å²) in [5, 5.41) is 2.92. The molecule has 0 spiro atoms. The van der Waals surface area contributed by atoms with Gasteiger partial charge in [0.2, 0.25) is 5.76 Å². The Hall–Kier alpha value is -4.24. The molecule has 0 atom stereocenters. The predicted octanol–water partition coefficient (Wildman–Crippen LogP) is 4.71. The highest BCUT2D eigenvalue weighted by Gasteiger charge is 2.34. The summed E-state index contributed by atoms with van der Waals surface area (Å²) < 4.78 is 21.5. The summed E-state index contributed by atoms with van der Waals surface area (Å²) in [5.41, 5.74) is 2.54. The van der Waals surface area contributed by atoms with Crippen LogP contribution in [-0.4, -0.2) is 37.0 Å². The molecule has 4 rings (SSSR count). The van der Waals surface area contributed by atoms with Gasteiger partial charge in [-0.1, -0.05) is 41.4 Å². The van der Waals surface area contributed by atoms with Crippen LogP contribution in [0.3, 0.4) is 0 Å². The van der Waals surface area contributed by atoms with Crippen molar-refractivity contribution < 1.29 is 33.0 Å². The van der Waals surface area contributed by atoms with Crippen molar-refractivity contribution >= 4 is 35.6 Å². The molecule has 186 valence electrons. The number of carbonyl (C=O) groups is 3. The number of esters is 1. The van der Waals surface area contributed by atoms with E-state index in [4.69, 9.17) is 25.5 Å². The van der Waals surface area contributed by atoms with Crippen LogP contribution in [0, 0.1) is 6.92 Å². The van der Waals surface area contributed by atoms with Gasteiger partial charge in [0.15, 0.2) is 11.5 Å². The number of nitrogens with one attached hydrogen (secondary N) is 1. The van der Waals surface area contributed by atoms with Gasteiger partial charge in [-0.15, -0.1) is 0 Å². The van der Waals surface area contributed by atoms with Crippen molar-refractivity contribution in [3.05, 3.63) is 87.5 Å². The molecule has 1 aromatic heterocycles. The molecule has 0 unspecified atom stereocenters. The number of ether oxygens (including phenoxy) is 3. The fourth-order valence-electron chi connectivity index (χ4n) is 3.54. The van der Waals surface area contributed by atoms with Gasteiger partial charge in [0.05, 0.1) is 20.8 Å². The van der Waals surface area contributed by atoms with E-state index in [1.165, 1.54) is 32.4 Å². The molecular weight excluding hydrogens is 488 g/mol. The number of carbonyl (C=O) groups excluding carboxylic acids is 3. The summed E-state index contributed by atoms with van der Waals surface area (Å²) in [5.74, 6) is -0.291. The molecule has 0 aliphatic carbocycles. The number of rotatable bonds is 8. The number of imide groups is 1. The minimum atomic E-state index is -0.660. The minimum absolute atomic E-state index is 0.0178. The molecule has 0 saturated carbocycles. The van der Waals surface area contributed by atoms with E-state index in [-0.39, 0.29) is 30.4 Å². The van der Waals surface area contributed by atoms with E-state index in [2.05, 4.69) is 10.1 Å². The standard InChI is InChI=1S/C26H23ClN2O7/c1-15-4-6-16(7-5-15)14-35-23-17(10-18(27)12-22(23)33-2)11-20-24(30)29(26(32)28-20)13-19-8-9-21(36-19)25(31)34-3/h4-12H,13-14H2,1-3H3,(H,28,32)/b20-11+. The Balaban J connectivity index is 1.59. The maximum Gasteiger partial charge on any atom is 0.373 e. The second kappa shape index (κ2) is 10.6. The lowest BCUT2D eigenvalue weighted by molar-refractivity contribution is -0.123. The Morgan fingerprint density at radius 2 is 1.86 bits per heavy atom.